The molecule has 4 heteroatoms. The fourth-order valence-corrected chi connectivity index (χ4v) is 3.73. The zero-order valence-electron chi connectivity index (χ0n) is 11.7. The van der Waals surface area contributed by atoms with Gasteiger partial charge in [0.25, 0.3) is 0 Å². The maximum absolute atomic E-state index is 5.78. The molecule has 0 unspecified atom stereocenters. The van der Waals surface area contributed by atoms with Gasteiger partial charge in [-0.2, -0.15) is 0 Å². The second-order valence-electron chi connectivity index (χ2n) is 4.72. The molecule has 2 nitrogen and oxygen atoms in total. The summed E-state index contributed by atoms with van der Waals surface area (Å²) in [6.07, 6.45) is 5.59. The lowest BCUT2D eigenvalue weighted by atomic mass is 10.1. The lowest BCUT2D eigenvalue weighted by Gasteiger charge is -2.18. The standard InChI is InChI=1S/C16H21BrO2S/c1-2-18-16(11-17)19-12-13-8-9-15(10-13)20-14-6-4-3-5-7-14/h3-9,13,15-16H,2,10-12H2,1H3/t13-,15-,16+/m0/s1. The van der Waals surface area contributed by atoms with E-state index in [1.54, 1.807) is 0 Å². The van der Waals surface area contributed by atoms with Gasteiger partial charge in [0.05, 0.1) is 11.9 Å². The van der Waals surface area contributed by atoms with Crippen LogP contribution in [0.2, 0.25) is 0 Å². The van der Waals surface area contributed by atoms with Crippen molar-refractivity contribution in [1.29, 1.82) is 0 Å². The highest BCUT2D eigenvalue weighted by atomic mass is 79.9. The van der Waals surface area contributed by atoms with Gasteiger partial charge in [-0.3, -0.25) is 0 Å². The molecule has 110 valence electrons. The molecule has 3 atom stereocenters. The molecule has 0 amide bonds. The second kappa shape index (κ2) is 8.88. The van der Waals surface area contributed by atoms with Crippen LogP contribution in [0.25, 0.3) is 0 Å². The predicted molar refractivity (Wildman–Crippen MR) is 88.5 cm³/mol. The molecule has 0 fully saturated rings. The summed E-state index contributed by atoms with van der Waals surface area (Å²) in [5, 5.41) is 1.28. The topological polar surface area (TPSA) is 18.5 Å². The third-order valence-corrected chi connectivity index (χ3v) is 4.86. The quantitative estimate of drug-likeness (QED) is 0.388. The number of ether oxygens (including phenoxy) is 2. The summed E-state index contributed by atoms with van der Waals surface area (Å²) in [6.45, 7) is 3.41. The minimum absolute atomic E-state index is 0.130. The maximum atomic E-state index is 5.78. The Bertz CT molecular complexity index is 410. The van der Waals surface area contributed by atoms with Crippen molar-refractivity contribution in [2.45, 2.75) is 29.8 Å². The zero-order chi connectivity index (χ0) is 14.2. The summed E-state index contributed by atoms with van der Waals surface area (Å²) in [6, 6.07) is 10.6. The molecule has 2 rings (SSSR count). The first-order valence-electron chi connectivity index (χ1n) is 7.01. The van der Waals surface area contributed by atoms with E-state index in [0.29, 0.717) is 17.8 Å². The van der Waals surface area contributed by atoms with Gasteiger partial charge < -0.3 is 9.47 Å². The molecule has 0 aliphatic heterocycles. The molecule has 1 aliphatic rings. The fraction of sp³-hybridized carbons (Fsp3) is 0.500. The van der Waals surface area contributed by atoms with Crippen LogP contribution in [0.15, 0.2) is 47.4 Å². The van der Waals surface area contributed by atoms with Crippen molar-refractivity contribution in [2.75, 3.05) is 18.5 Å². The van der Waals surface area contributed by atoms with Crippen molar-refractivity contribution in [3.05, 3.63) is 42.5 Å². The summed E-state index contributed by atoms with van der Waals surface area (Å²) in [5.74, 6) is 0.498. The number of hydrogen-bond donors (Lipinski definition) is 0. The molecular formula is C16H21BrO2S. The molecule has 0 spiro atoms. The van der Waals surface area contributed by atoms with E-state index in [-0.39, 0.29) is 6.29 Å². The number of benzene rings is 1. The SMILES string of the molecule is CCO[C@@H](CBr)OC[C@H]1C=C[C@H](Sc2ccccc2)C1. The van der Waals surface area contributed by atoms with E-state index >= 15 is 0 Å². The summed E-state index contributed by atoms with van der Waals surface area (Å²) >= 11 is 5.33. The average molecular weight is 357 g/mol. The second-order valence-corrected chi connectivity index (χ2v) is 6.68. The van der Waals surface area contributed by atoms with Gasteiger partial charge in [-0.25, -0.2) is 0 Å². The summed E-state index contributed by atoms with van der Waals surface area (Å²) < 4.78 is 11.3. The first kappa shape index (κ1) is 16.1. The highest BCUT2D eigenvalue weighted by molar-refractivity contribution is 9.09. The lowest BCUT2D eigenvalue weighted by molar-refractivity contribution is -0.128. The Morgan fingerprint density at radius 1 is 1.25 bits per heavy atom. The van der Waals surface area contributed by atoms with Gasteiger partial charge in [-0.1, -0.05) is 46.3 Å². The van der Waals surface area contributed by atoms with E-state index < -0.39 is 0 Å². The summed E-state index contributed by atoms with van der Waals surface area (Å²) in [4.78, 5) is 1.33. The molecule has 1 aromatic rings. The van der Waals surface area contributed by atoms with Crippen LogP contribution in [0.4, 0.5) is 0 Å². The monoisotopic (exact) mass is 356 g/mol. The maximum Gasteiger partial charge on any atom is 0.167 e. The fourth-order valence-electron chi connectivity index (χ4n) is 2.18. The van der Waals surface area contributed by atoms with Crippen LogP contribution >= 0.6 is 27.7 Å². The largest absolute Gasteiger partial charge is 0.352 e. The molecule has 0 bridgehead atoms. The van der Waals surface area contributed by atoms with Crippen molar-refractivity contribution in [3.8, 4) is 0 Å². The molecule has 0 saturated carbocycles. The number of hydrogen-bond acceptors (Lipinski definition) is 3. The van der Waals surface area contributed by atoms with E-state index in [0.717, 1.165) is 18.4 Å². The van der Waals surface area contributed by atoms with Crippen LogP contribution < -0.4 is 0 Å². The van der Waals surface area contributed by atoms with Gasteiger partial charge in [0.1, 0.15) is 0 Å². The molecule has 20 heavy (non-hydrogen) atoms. The molecule has 0 N–H and O–H groups in total. The van der Waals surface area contributed by atoms with Crippen LogP contribution in [0.5, 0.6) is 0 Å². The van der Waals surface area contributed by atoms with E-state index in [4.69, 9.17) is 9.47 Å². The minimum atomic E-state index is -0.130. The van der Waals surface area contributed by atoms with Crippen molar-refractivity contribution in [1.82, 2.24) is 0 Å². The molecule has 0 saturated heterocycles. The van der Waals surface area contributed by atoms with Gasteiger partial charge in [0.15, 0.2) is 6.29 Å². The lowest BCUT2D eigenvalue weighted by Crippen LogP contribution is -2.22. The number of halogens is 1. The molecule has 0 heterocycles. The molecular weight excluding hydrogens is 336 g/mol. The van der Waals surface area contributed by atoms with Gasteiger partial charge >= 0.3 is 0 Å². The number of alkyl halides is 1. The normalized spacial score (nSPS) is 23.1. The summed E-state index contributed by atoms with van der Waals surface area (Å²) in [5.41, 5.74) is 0. The Morgan fingerprint density at radius 2 is 2.05 bits per heavy atom. The number of thioether (sulfide) groups is 1. The minimum Gasteiger partial charge on any atom is -0.352 e. The van der Waals surface area contributed by atoms with E-state index in [2.05, 4.69) is 58.4 Å². The molecule has 1 aliphatic carbocycles. The van der Waals surface area contributed by atoms with Crippen LogP contribution in [0.3, 0.4) is 0 Å². The Morgan fingerprint density at radius 3 is 2.75 bits per heavy atom. The van der Waals surface area contributed by atoms with Crippen molar-refractivity contribution in [2.24, 2.45) is 5.92 Å². The van der Waals surface area contributed by atoms with Gasteiger partial charge in [-0.05, 0) is 25.5 Å². The third kappa shape index (κ3) is 5.24. The van der Waals surface area contributed by atoms with Gasteiger partial charge in [-0.15, -0.1) is 11.8 Å². The first-order chi connectivity index (χ1) is 9.81. The average Bonchev–Trinajstić information content (AvgIpc) is 2.92. The van der Waals surface area contributed by atoms with Crippen LogP contribution in [0, 0.1) is 5.92 Å². The van der Waals surface area contributed by atoms with Gasteiger partial charge in [0, 0.05) is 22.7 Å². The van der Waals surface area contributed by atoms with E-state index in [9.17, 15) is 0 Å². The van der Waals surface area contributed by atoms with Crippen molar-refractivity contribution in [3.63, 3.8) is 0 Å². The summed E-state index contributed by atoms with van der Waals surface area (Å²) in [7, 11) is 0. The van der Waals surface area contributed by atoms with Crippen molar-refractivity contribution < 1.29 is 9.47 Å². The Hall–Kier alpha value is -0.290. The smallest absolute Gasteiger partial charge is 0.167 e. The molecule has 0 aromatic heterocycles. The Balaban J connectivity index is 1.72. The Labute approximate surface area is 134 Å². The highest BCUT2D eigenvalue weighted by Crippen LogP contribution is 2.33. The first-order valence-corrected chi connectivity index (χ1v) is 9.01. The van der Waals surface area contributed by atoms with Crippen molar-refractivity contribution >= 4 is 27.7 Å². The molecule has 0 radical (unpaired) electrons. The van der Waals surface area contributed by atoms with Crippen LogP contribution in [-0.4, -0.2) is 30.1 Å². The zero-order valence-corrected chi connectivity index (χ0v) is 14.1. The predicted octanol–water partition coefficient (Wildman–Crippen LogP) is 4.50. The van der Waals surface area contributed by atoms with Gasteiger partial charge in [0.2, 0.25) is 0 Å². The third-order valence-electron chi connectivity index (χ3n) is 3.14. The molecule has 1 aromatic carbocycles. The number of rotatable bonds is 8. The van der Waals surface area contributed by atoms with E-state index in [1.807, 2.05) is 18.7 Å². The van der Waals surface area contributed by atoms with Crippen LogP contribution in [0.1, 0.15) is 13.3 Å². The Kier molecular flexibility index (Phi) is 7.14. The van der Waals surface area contributed by atoms with E-state index in [1.165, 1.54) is 4.90 Å². The van der Waals surface area contributed by atoms with Crippen LogP contribution in [-0.2, 0) is 9.47 Å². The highest BCUT2D eigenvalue weighted by Gasteiger charge is 2.21.